The van der Waals surface area contributed by atoms with Gasteiger partial charge in [0, 0.05) is 12.2 Å². The summed E-state index contributed by atoms with van der Waals surface area (Å²) in [6.45, 7) is 1.95. The molecule has 0 aliphatic carbocycles. The predicted molar refractivity (Wildman–Crippen MR) is 94.2 cm³/mol. The predicted octanol–water partition coefficient (Wildman–Crippen LogP) is 3.66. The molecule has 4 rings (SSSR count). The van der Waals surface area contributed by atoms with Crippen molar-refractivity contribution in [3.05, 3.63) is 65.0 Å². The normalized spacial score (nSPS) is 23.5. The number of benzene rings is 1. The van der Waals surface area contributed by atoms with Crippen molar-refractivity contribution in [3.8, 4) is 0 Å². The van der Waals surface area contributed by atoms with E-state index >= 15 is 0 Å². The number of nitrogens with zero attached hydrogens (tertiary/aromatic N) is 2. The Hall–Kier alpha value is -1.69. The van der Waals surface area contributed by atoms with Crippen molar-refractivity contribution >= 4 is 27.2 Å². The summed E-state index contributed by atoms with van der Waals surface area (Å²) in [4.78, 5) is 4.47. The molecule has 124 valence electrons. The number of fused-ring (bicyclic) bond motifs is 2. The van der Waals surface area contributed by atoms with Crippen LogP contribution in [0, 0.1) is 6.92 Å². The Morgan fingerprint density at radius 2 is 1.88 bits per heavy atom. The summed E-state index contributed by atoms with van der Waals surface area (Å²) in [7, 11) is -3.51. The number of aryl methyl sites for hydroxylation is 1. The first-order valence-corrected chi connectivity index (χ1v) is 9.72. The highest BCUT2D eigenvalue weighted by Crippen LogP contribution is 2.44. The second kappa shape index (κ2) is 5.69. The molecule has 2 aliphatic heterocycles. The highest BCUT2D eigenvalue weighted by molar-refractivity contribution is 7.89. The van der Waals surface area contributed by atoms with Crippen molar-refractivity contribution in [1.82, 2.24) is 9.29 Å². The van der Waals surface area contributed by atoms with Gasteiger partial charge in [0.05, 0.1) is 10.9 Å². The van der Waals surface area contributed by atoms with Crippen molar-refractivity contribution in [2.75, 3.05) is 0 Å². The standard InChI is InChI=1S/C18H17ClN2O2S/c1-12-2-6-15(7-3-12)24(22,23)21-14-5-8-17(21)16(10-14)13-4-9-18(19)20-11-13/h2-4,6-7,9-11,14,17H,5,8H2,1H3/t14-,17+/m0/s1. The first kappa shape index (κ1) is 15.8. The van der Waals surface area contributed by atoms with E-state index in [1.54, 1.807) is 28.7 Å². The molecule has 2 atom stereocenters. The third kappa shape index (κ3) is 2.48. The molecule has 2 aromatic rings. The van der Waals surface area contributed by atoms with Crippen molar-refractivity contribution < 1.29 is 8.42 Å². The van der Waals surface area contributed by atoms with E-state index in [0.717, 1.165) is 29.5 Å². The average molecular weight is 361 g/mol. The summed E-state index contributed by atoms with van der Waals surface area (Å²) < 4.78 is 27.8. The van der Waals surface area contributed by atoms with Crippen LogP contribution in [0.2, 0.25) is 5.15 Å². The van der Waals surface area contributed by atoms with Crippen molar-refractivity contribution in [2.45, 2.75) is 36.7 Å². The quantitative estimate of drug-likeness (QED) is 0.785. The lowest BCUT2D eigenvalue weighted by Gasteiger charge is -2.23. The SMILES string of the molecule is Cc1ccc(S(=O)(=O)N2[C@@H]3C=C(c4ccc(Cl)nc4)[C@H]2CC3)cc1. The Bertz CT molecular complexity index is 905. The van der Waals surface area contributed by atoms with E-state index < -0.39 is 10.0 Å². The van der Waals surface area contributed by atoms with Gasteiger partial charge in [-0.3, -0.25) is 0 Å². The maximum atomic E-state index is 13.1. The van der Waals surface area contributed by atoms with Crippen LogP contribution in [-0.2, 0) is 10.0 Å². The van der Waals surface area contributed by atoms with E-state index in [1.165, 1.54) is 0 Å². The van der Waals surface area contributed by atoms with Gasteiger partial charge in [-0.1, -0.05) is 41.4 Å². The Morgan fingerprint density at radius 3 is 2.54 bits per heavy atom. The Labute approximate surface area is 146 Å². The van der Waals surface area contributed by atoms with E-state index in [9.17, 15) is 8.42 Å². The van der Waals surface area contributed by atoms with Gasteiger partial charge in [0.2, 0.25) is 10.0 Å². The summed E-state index contributed by atoms with van der Waals surface area (Å²) in [5.74, 6) is 0. The van der Waals surface area contributed by atoms with Crippen molar-refractivity contribution in [3.63, 3.8) is 0 Å². The molecular weight excluding hydrogens is 344 g/mol. The number of hydrogen-bond acceptors (Lipinski definition) is 3. The largest absolute Gasteiger partial charge is 0.244 e. The highest BCUT2D eigenvalue weighted by Gasteiger charge is 2.47. The van der Waals surface area contributed by atoms with Gasteiger partial charge in [0.15, 0.2) is 0 Å². The van der Waals surface area contributed by atoms with Crippen LogP contribution >= 0.6 is 11.6 Å². The molecule has 4 nitrogen and oxygen atoms in total. The molecule has 1 aromatic carbocycles. The van der Waals surface area contributed by atoms with E-state index in [2.05, 4.69) is 11.1 Å². The van der Waals surface area contributed by atoms with E-state index in [-0.39, 0.29) is 12.1 Å². The molecule has 6 heteroatoms. The smallest absolute Gasteiger partial charge is 0.244 e. The molecule has 0 saturated carbocycles. The van der Waals surface area contributed by atoms with Crippen molar-refractivity contribution in [1.29, 1.82) is 0 Å². The van der Waals surface area contributed by atoms with Crippen LogP contribution < -0.4 is 0 Å². The number of hydrogen-bond donors (Lipinski definition) is 0. The molecule has 1 saturated heterocycles. The van der Waals surface area contributed by atoms with E-state index in [1.807, 2.05) is 25.1 Å². The molecule has 1 aromatic heterocycles. The molecule has 2 aliphatic rings. The summed E-state index contributed by atoms with van der Waals surface area (Å²) in [6, 6.07) is 10.5. The van der Waals surface area contributed by atoms with Crippen LogP contribution in [0.15, 0.2) is 53.6 Å². The lowest BCUT2D eigenvalue weighted by atomic mass is 9.94. The second-order valence-corrected chi connectivity index (χ2v) is 8.53. The Balaban J connectivity index is 1.69. The Morgan fingerprint density at radius 1 is 1.12 bits per heavy atom. The second-order valence-electron chi connectivity index (χ2n) is 6.30. The highest BCUT2D eigenvalue weighted by atomic mass is 35.5. The molecule has 24 heavy (non-hydrogen) atoms. The molecule has 0 N–H and O–H groups in total. The van der Waals surface area contributed by atoms with Crippen LogP contribution in [0.4, 0.5) is 0 Å². The summed E-state index contributed by atoms with van der Waals surface area (Å²) in [5, 5.41) is 0.437. The minimum Gasteiger partial charge on any atom is -0.244 e. The Kier molecular flexibility index (Phi) is 3.75. The molecule has 0 amide bonds. The fraction of sp³-hybridized carbons (Fsp3) is 0.278. The van der Waals surface area contributed by atoms with Crippen LogP contribution in [0.3, 0.4) is 0 Å². The number of pyridine rings is 1. The van der Waals surface area contributed by atoms with Gasteiger partial charge in [-0.15, -0.1) is 0 Å². The summed E-state index contributed by atoms with van der Waals surface area (Å²) in [6.07, 6.45) is 5.47. The average Bonchev–Trinajstić information content (AvgIpc) is 3.15. The number of halogens is 1. The molecular formula is C18H17ClN2O2S. The number of sulfonamides is 1. The monoisotopic (exact) mass is 360 g/mol. The minimum atomic E-state index is -3.51. The van der Waals surface area contributed by atoms with Crippen LogP contribution in [0.5, 0.6) is 0 Å². The molecule has 0 radical (unpaired) electrons. The van der Waals surface area contributed by atoms with E-state index in [4.69, 9.17) is 11.6 Å². The third-order valence-electron chi connectivity index (χ3n) is 4.76. The zero-order valence-corrected chi connectivity index (χ0v) is 14.8. The zero-order valence-electron chi connectivity index (χ0n) is 13.2. The number of rotatable bonds is 3. The molecule has 0 spiro atoms. The van der Waals surface area contributed by atoms with Gasteiger partial charge >= 0.3 is 0 Å². The van der Waals surface area contributed by atoms with Gasteiger partial charge in [-0.05, 0) is 49.1 Å². The minimum absolute atomic E-state index is 0.0769. The maximum absolute atomic E-state index is 13.1. The van der Waals surface area contributed by atoms with Crippen LogP contribution in [0.25, 0.3) is 5.57 Å². The fourth-order valence-electron chi connectivity index (χ4n) is 3.59. The first-order chi connectivity index (χ1) is 11.5. The van der Waals surface area contributed by atoms with Crippen molar-refractivity contribution in [2.24, 2.45) is 0 Å². The lowest BCUT2D eigenvalue weighted by molar-refractivity contribution is 0.416. The maximum Gasteiger partial charge on any atom is 0.244 e. The number of aromatic nitrogens is 1. The zero-order chi connectivity index (χ0) is 16.9. The molecule has 3 heterocycles. The van der Waals surface area contributed by atoms with Crippen LogP contribution in [0.1, 0.15) is 24.0 Å². The lowest BCUT2D eigenvalue weighted by Crippen LogP contribution is -2.36. The van der Waals surface area contributed by atoms with E-state index in [0.29, 0.717) is 10.0 Å². The summed E-state index contributed by atoms with van der Waals surface area (Å²) >= 11 is 5.85. The van der Waals surface area contributed by atoms with Gasteiger partial charge < -0.3 is 0 Å². The van der Waals surface area contributed by atoms with Gasteiger partial charge in [0.1, 0.15) is 5.15 Å². The van der Waals surface area contributed by atoms with Gasteiger partial charge in [-0.2, -0.15) is 4.31 Å². The topological polar surface area (TPSA) is 50.3 Å². The molecule has 1 fully saturated rings. The van der Waals surface area contributed by atoms with Gasteiger partial charge in [0.25, 0.3) is 0 Å². The molecule has 0 unspecified atom stereocenters. The fourth-order valence-corrected chi connectivity index (χ4v) is 5.51. The van der Waals surface area contributed by atoms with Crippen LogP contribution in [-0.4, -0.2) is 29.8 Å². The summed E-state index contributed by atoms with van der Waals surface area (Å²) in [5.41, 5.74) is 3.02. The molecule has 2 bridgehead atoms. The third-order valence-corrected chi connectivity index (χ3v) is 6.93. The van der Waals surface area contributed by atoms with Gasteiger partial charge in [-0.25, -0.2) is 13.4 Å². The first-order valence-electron chi connectivity index (χ1n) is 7.91.